The van der Waals surface area contributed by atoms with Gasteiger partial charge in [0, 0.05) is 24.5 Å². The number of aryl methyl sites for hydroxylation is 1. The molecule has 6 nitrogen and oxygen atoms in total. The number of hydrogen-bond acceptors (Lipinski definition) is 4. The Kier molecular flexibility index (Phi) is 4.26. The molecule has 1 heterocycles. The molecule has 0 spiro atoms. The Hall–Kier alpha value is -2.80. The lowest BCUT2D eigenvalue weighted by Crippen LogP contribution is -2.13. The van der Waals surface area contributed by atoms with Gasteiger partial charge in [-0.3, -0.25) is 9.40 Å². The van der Waals surface area contributed by atoms with Crippen LogP contribution in [0, 0.1) is 0 Å². The van der Waals surface area contributed by atoms with Gasteiger partial charge in [-0.05, 0) is 24.3 Å². The van der Waals surface area contributed by atoms with E-state index in [1.807, 2.05) is 30.3 Å². The van der Waals surface area contributed by atoms with Gasteiger partial charge in [0.05, 0.1) is 7.11 Å². The van der Waals surface area contributed by atoms with Gasteiger partial charge in [0.2, 0.25) is 0 Å². The van der Waals surface area contributed by atoms with Gasteiger partial charge in [-0.2, -0.15) is 5.10 Å². The summed E-state index contributed by atoms with van der Waals surface area (Å²) < 4.78 is 34.7. The van der Waals surface area contributed by atoms with E-state index in [0.717, 1.165) is 5.56 Å². The molecule has 124 valence electrons. The number of nitrogens with one attached hydrogen (secondary N) is 1. The second-order valence-corrected chi connectivity index (χ2v) is 6.87. The van der Waals surface area contributed by atoms with E-state index in [1.54, 1.807) is 38.4 Å². The first kappa shape index (κ1) is 16.1. The van der Waals surface area contributed by atoms with Crippen molar-refractivity contribution >= 4 is 15.7 Å². The van der Waals surface area contributed by atoms with Crippen molar-refractivity contribution in [1.82, 2.24) is 9.78 Å². The maximum atomic E-state index is 12.8. The maximum absolute atomic E-state index is 12.8. The van der Waals surface area contributed by atoms with Crippen LogP contribution in [0.15, 0.2) is 65.7 Å². The monoisotopic (exact) mass is 343 g/mol. The minimum atomic E-state index is -3.77. The van der Waals surface area contributed by atoms with Crippen LogP contribution in [-0.2, 0) is 17.1 Å². The summed E-state index contributed by atoms with van der Waals surface area (Å²) in [6, 6.07) is 15.9. The molecule has 1 aromatic heterocycles. The van der Waals surface area contributed by atoms with Crippen LogP contribution >= 0.6 is 0 Å². The van der Waals surface area contributed by atoms with Gasteiger partial charge < -0.3 is 4.74 Å². The molecule has 2 aromatic carbocycles. The van der Waals surface area contributed by atoms with Gasteiger partial charge in [0.1, 0.15) is 16.3 Å². The Morgan fingerprint density at radius 3 is 2.33 bits per heavy atom. The molecule has 3 rings (SSSR count). The van der Waals surface area contributed by atoms with Crippen molar-refractivity contribution in [2.75, 3.05) is 11.8 Å². The van der Waals surface area contributed by atoms with Crippen molar-refractivity contribution in [1.29, 1.82) is 0 Å². The normalized spacial score (nSPS) is 11.2. The maximum Gasteiger partial charge on any atom is 0.265 e. The second-order valence-electron chi connectivity index (χ2n) is 5.22. The van der Waals surface area contributed by atoms with Crippen molar-refractivity contribution in [3.63, 3.8) is 0 Å². The topological polar surface area (TPSA) is 73.2 Å². The average molecular weight is 343 g/mol. The molecule has 0 aliphatic carbocycles. The Labute approximate surface area is 140 Å². The second kappa shape index (κ2) is 6.37. The highest BCUT2D eigenvalue weighted by Gasteiger charge is 2.23. The van der Waals surface area contributed by atoms with Crippen LogP contribution < -0.4 is 9.46 Å². The molecule has 0 saturated heterocycles. The molecular weight excluding hydrogens is 326 g/mol. The summed E-state index contributed by atoms with van der Waals surface area (Å²) in [5, 5.41) is 4.29. The summed E-state index contributed by atoms with van der Waals surface area (Å²) in [5.74, 6) is 0.657. The molecule has 0 fully saturated rings. The molecule has 0 atom stereocenters. The zero-order valence-electron chi connectivity index (χ0n) is 13.3. The third-order valence-corrected chi connectivity index (χ3v) is 4.86. The molecule has 1 N–H and O–H groups in total. The Morgan fingerprint density at radius 1 is 1.04 bits per heavy atom. The zero-order valence-corrected chi connectivity index (χ0v) is 14.1. The lowest BCUT2D eigenvalue weighted by atomic mass is 10.2. The Balaban J connectivity index is 1.98. The van der Waals surface area contributed by atoms with Gasteiger partial charge in [0.25, 0.3) is 10.0 Å². The summed E-state index contributed by atoms with van der Waals surface area (Å²) in [4.78, 5) is 0.131. The fraction of sp³-hybridized carbons (Fsp3) is 0.118. The fourth-order valence-electron chi connectivity index (χ4n) is 2.33. The number of methoxy groups -OCH3 is 1. The van der Waals surface area contributed by atoms with Crippen LogP contribution in [0.5, 0.6) is 5.75 Å². The number of nitrogens with zero attached hydrogens (tertiary/aromatic N) is 2. The average Bonchev–Trinajstić information content (AvgIpc) is 2.99. The highest BCUT2D eigenvalue weighted by molar-refractivity contribution is 7.92. The number of aromatic nitrogens is 2. The van der Waals surface area contributed by atoms with E-state index < -0.39 is 10.0 Å². The first-order chi connectivity index (χ1) is 11.5. The molecular formula is C17H17N3O3S. The van der Waals surface area contributed by atoms with Crippen LogP contribution in [0.4, 0.5) is 5.69 Å². The van der Waals surface area contributed by atoms with E-state index in [2.05, 4.69) is 9.82 Å². The SMILES string of the molecule is COc1ccc(NS(=O)(=O)c2cn(C)nc2-c2ccccc2)cc1. The van der Waals surface area contributed by atoms with Crippen molar-refractivity contribution < 1.29 is 13.2 Å². The lowest BCUT2D eigenvalue weighted by Gasteiger charge is -2.09. The summed E-state index contributed by atoms with van der Waals surface area (Å²) >= 11 is 0. The lowest BCUT2D eigenvalue weighted by molar-refractivity contribution is 0.415. The summed E-state index contributed by atoms with van der Waals surface area (Å²) in [6.07, 6.45) is 1.49. The van der Waals surface area contributed by atoms with Crippen LogP contribution in [0.3, 0.4) is 0 Å². The van der Waals surface area contributed by atoms with Crippen LogP contribution in [0.1, 0.15) is 0 Å². The van der Waals surface area contributed by atoms with Crippen molar-refractivity contribution in [3.05, 3.63) is 60.8 Å². The third kappa shape index (κ3) is 3.26. The molecule has 0 unspecified atom stereocenters. The molecule has 0 amide bonds. The molecule has 3 aromatic rings. The minimum absolute atomic E-state index is 0.131. The van der Waals surface area contributed by atoms with E-state index in [-0.39, 0.29) is 4.90 Å². The minimum Gasteiger partial charge on any atom is -0.497 e. The largest absolute Gasteiger partial charge is 0.497 e. The molecule has 24 heavy (non-hydrogen) atoms. The van der Waals surface area contributed by atoms with Gasteiger partial charge in [-0.25, -0.2) is 8.42 Å². The van der Waals surface area contributed by atoms with E-state index in [9.17, 15) is 8.42 Å². The van der Waals surface area contributed by atoms with Crippen LogP contribution in [-0.4, -0.2) is 25.3 Å². The zero-order chi connectivity index (χ0) is 17.2. The molecule has 0 saturated carbocycles. The number of sulfonamides is 1. The molecule has 0 radical (unpaired) electrons. The molecule has 7 heteroatoms. The molecule has 0 bridgehead atoms. The van der Waals surface area contributed by atoms with Gasteiger partial charge in [-0.15, -0.1) is 0 Å². The predicted molar refractivity (Wildman–Crippen MR) is 92.4 cm³/mol. The van der Waals surface area contributed by atoms with Crippen molar-refractivity contribution in [2.45, 2.75) is 4.90 Å². The van der Waals surface area contributed by atoms with E-state index in [0.29, 0.717) is 17.1 Å². The fourth-order valence-corrected chi connectivity index (χ4v) is 3.59. The van der Waals surface area contributed by atoms with Crippen molar-refractivity contribution in [3.8, 4) is 17.0 Å². The Morgan fingerprint density at radius 2 is 1.71 bits per heavy atom. The van der Waals surface area contributed by atoms with E-state index in [4.69, 9.17) is 4.74 Å². The Bertz CT molecular complexity index is 933. The number of ether oxygens (including phenoxy) is 1. The van der Waals surface area contributed by atoms with Crippen LogP contribution in [0.2, 0.25) is 0 Å². The summed E-state index contributed by atoms with van der Waals surface area (Å²) in [6.45, 7) is 0. The standard InChI is InChI=1S/C17H17N3O3S/c1-20-12-16(17(18-20)13-6-4-3-5-7-13)24(21,22)19-14-8-10-15(23-2)11-9-14/h3-12,19H,1-2H3. The van der Waals surface area contributed by atoms with Gasteiger partial charge in [0.15, 0.2) is 0 Å². The van der Waals surface area contributed by atoms with Crippen LogP contribution in [0.25, 0.3) is 11.3 Å². The van der Waals surface area contributed by atoms with Gasteiger partial charge >= 0.3 is 0 Å². The summed E-state index contributed by atoms with van der Waals surface area (Å²) in [7, 11) is -0.515. The third-order valence-electron chi connectivity index (χ3n) is 3.47. The molecule has 0 aliphatic heterocycles. The smallest absolute Gasteiger partial charge is 0.265 e. The van der Waals surface area contributed by atoms with E-state index >= 15 is 0 Å². The highest BCUT2D eigenvalue weighted by atomic mass is 32.2. The first-order valence-electron chi connectivity index (χ1n) is 7.25. The first-order valence-corrected chi connectivity index (χ1v) is 8.74. The summed E-state index contributed by atoms with van der Waals surface area (Å²) in [5.41, 5.74) is 1.62. The molecule has 0 aliphatic rings. The predicted octanol–water partition coefficient (Wildman–Crippen LogP) is 2.90. The number of rotatable bonds is 5. The van der Waals surface area contributed by atoms with E-state index in [1.165, 1.54) is 10.9 Å². The number of anilines is 1. The number of benzene rings is 2. The van der Waals surface area contributed by atoms with Gasteiger partial charge in [-0.1, -0.05) is 30.3 Å². The highest BCUT2D eigenvalue weighted by Crippen LogP contribution is 2.27. The van der Waals surface area contributed by atoms with Crippen molar-refractivity contribution in [2.24, 2.45) is 7.05 Å². The number of hydrogen-bond donors (Lipinski definition) is 1. The quantitative estimate of drug-likeness (QED) is 0.773.